The molecule has 0 saturated heterocycles. The summed E-state index contributed by atoms with van der Waals surface area (Å²) >= 11 is 0. The smallest absolute Gasteiger partial charge is 0.416 e. The van der Waals surface area contributed by atoms with E-state index < -0.39 is 55.0 Å². The standard InChI is InChI=1S/C31H32F4O6S/c1-5-39-29(36)30(3,4)17-22-16-28(42(37,38)23-10-7-9-20(14-23)31(33,34)35)24-15-21(12-13-27(24)41-22)40-18-25-19(2)8-6-11-26(25)32/h6-15,22,28H,5,16-18H2,1-4H3. The second kappa shape index (κ2) is 11.9. The second-order valence-corrected chi connectivity index (χ2v) is 13.0. The Bertz CT molecular complexity index is 1550. The van der Waals surface area contributed by atoms with E-state index in [1.807, 2.05) is 0 Å². The summed E-state index contributed by atoms with van der Waals surface area (Å²) in [5.74, 6) is -0.507. The molecule has 0 N–H and O–H groups in total. The average molecular weight is 609 g/mol. The predicted molar refractivity (Wildman–Crippen MR) is 147 cm³/mol. The van der Waals surface area contributed by atoms with Crippen molar-refractivity contribution in [1.82, 2.24) is 0 Å². The highest BCUT2D eigenvalue weighted by atomic mass is 32.2. The van der Waals surface area contributed by atoms with Gasteiger partial charge in [0.25, 0.3) is 0 Å². The molecule has 0 bridgehead atoms. The first-order valence-electron chi connectivity index (χ1n) is 13.4. The Morgan fingerprint density at radius 3 is 2.43 bits per heavy atom. The molecule has 11 heteroatoms. The summed E-state index contributed by atoms with van der Waals surface area (Å²) in [6, 6.07) is 12.7. The van der Waals surface area contributed by atoms with Crippen molar-refractivity contribution < 1.29 is 45.0 Å². The van der Waals surface area contributed by atoms with Crippen LogP contribution in [0, 0.1) is 18.2 Å². The van der Waals surface area contributed by atoms with Crippen LogP contribution in [-0.2, 0) is 32.2 Å². The SMILES string of the molecule is CCOC(=O)C(C)(C)CC1CC(S(=O)(=O)c2cccc(C(F)(F)F)c2)c2cc(OCc3c(C)cccc3F)ccc2O1. The van der Waals surface area contributed by atoms with Gasteiger partial charge in [0, 0.05) is 17.5 Å². The summed E-state index contributed by atoms with van der Waals surface area (Å²) in [5.41, 5.74) is -0.911. The molecule has 0 fully saturated rings. The minimum atomic E-state index is -4.74. The minimum Gasteiger partial charge on any atom is -0.490 e. The van der Waals surface area contributed by atoms with Gasteiger partial charge in [-0.2, -0.15) is 13.2 Å². The molecule has 0 aliphatic carbocycles. The molecule has 0 saturated carbocycles. The fourth-order valence-corrected chi connectivity index (χ4v) is 6.86. The lowest BCUT2D eigenvalue weighted by Crippen LogP contribution is -2.37. The molecule has 4 rings (SSSR count). The van der Waals surface area contributed by atoms with E-state index in [1.165, 1.54) is 18.2 Å². The van der Waals surface area contributed by atoms with Gasteiger partial charge in [-0.3, -0.25) is 4.79 Å². The summed E-state index contributed by atoms with van der Waals surface area (Å²) in [5, 5.41) is -1.31. The van der Waals surface area contributed by atoms with Crippen molar-refractivity contribution in [2.75, 3.05) is 6.61 Å². The van der Waals surface area contributed by atoms with E-state index in [9.17, 15) is 30.8 Å². The number of carbonyl (C=O) groups excluding carboxylic acids is 1. The van der Waals surface area contributed by atoms with Crippen molar-refractivity contribution in [2.45, 2.75) is 69.6 Å². The molecular formula is C31H32F4O6S. The third kappa shape index (κ3) is 6.72. The van der Waals surface area contributed by atoms with Gasteiger partial charge in [-0.25, -0.2) is 12.8 Å². The monoisotopic (exact) mass is 608 g/mol. The summed E-state index contributed by atoms with van der Waals surface area (Å²) in [7, 11) is -4.39. The molecule has 3 aromatic carbocycles. The third-order valence-corrected chi connectivity index (χ3v) is 9.37. The van der Waals surface area contributed by atoms with Crippen LogP contribution in [0.25, 0.3) is 0 Å². The third-order valence-electron chi connectivity index (χ3n) is 7.27. The van der Waals surface area contributed by atoms with Gasteiger partial charge in [-0.1, -0.05) is 18.2 Å². The van der Waals surface area contributed by atoms with Crippen molar-refractivity contribution in [3.05, 3.63) is 88.7 Å². The molecule has 226 valence electrons. The number of carbonyl (C=O) groups is 1. The van der Waals surface area contributed by atoms with Gasteiger partial charge in [0.05, 0.1) is 27.7 Å². The normalized spacial score (nSPS) is 17.2. The number of hydrogen-bond donors (Lipinski definition) is 0. The van der Waals surface area contributed by atoms with E-state index >= 15 is 0 Å². The molecule has 0 amide bonds. The summed E-state index contributed by atoms with van der Waals surface area (Å²) in [4.78, 5) is 12.1. The van der Waals surface area contributed by atoms with Gasteiger partial charge in [-0.15, -0.1) is 0 Å². The van der Waals surface area contributed by atoms with Crippen LogP contribution in [0.5, 0.6) is 11.5 Å². The lowest BCUT2D eigenvalue weighted by molar-refractivity contribution is -0.155. The number of esters is 1. The van der Waals surface area contributed by atoms with Crippen molar-refractivity contribution >= 4 is 15.8 Å². The van der Waals surface area contributed by atoms with Gasteiger partial charge in [-0.05, 0) is 82.1 Å². The van der Waals surface area contributed by atoms with E-state index in [-0.39, 0.29) is 43.1 Å². The number of fused-ring (bicyclic) bond motifs is 1. The van der Waals surface area contributed by atoms with E-state index in [4.69, 9.17) is 14.2 Å². The molecule has 6 nitrogen and oxygen atoms in total. The zero-order valence-corrected chi connectivity index (χ0v) is 24.4. The number of hydrogen-bond acceptors (Lipinski definition) is 6. The molecule has 0 radical (unpaired) electrons. The van der Waals surface area contributed by atoms with Crippen LogP contribution < -0.4 is 9.47 Å². The quantitative estimate of drug-likeness (QED) is 0.186. The second-order valence-electron chi connectivity index (χ2n) is 10.9. The molecule has 0 spiro atoms. The summed E-state index contributed by atoms with van der Waals surface area (Å²) in [6.07, 6.45) is -5.54. The molecule has 2 unspecified atom stereocenters. The van der Waals surface area contributed by atoms with Crippen LogP contribution in [0.15, 0.2) is 65.6 Å². The van der Waals surface area contributed by atoms with Crippen molar-refractivity contribution in [1.29, 1.82) is 0 Å². The molecule has 1 aliphatic rings. The van der Waals surface area contributed by atoms with Gasteiger partial charge < -0.3 is 14.2 Å². The predicted octanol–water partition coefficient (Wildman–Crippen LogP) is 7.38. The Kier molecular flexibility index (Phi) is 8.92. The molecule has 1 aliphatic heterocycles. The Balaban J connectivity index is 1.73. The number of benzene rings is 3. The fraction of sp³-hybridized carbons (Fsp3) is 0.387. The number of halogens is 4. The molecule has 2 atom stereocenters. The largest absolute Gasteiger partial charge is 0.490 e. The lowest BCUT2D eigenvalue weighted by atomic mass is 9.84. The maximum absolute atomic E-state index is 14.3. The topological polar surface area (TPSA) is 78.9 Å². The average Bonchev–Trinajstić information content (AvgIpc) is 2.92. The highest BCUT2D eigenvalue weighted by Gasteiger charge is 2.43. The Morgan fingerprint density at radius 1 is 1.05 bits per heavy atom. The molecule has 1 heterocycles. The first kappa shape index (κ1) is 31.3. The van der Waals surface area contributed by atoms with Crippen LogP contribution in [0.4, 0.5) is 17.6 Å². The number of rotatable bonds is 9. The van der Waals surface area contributed by atoms with Crippen molar-refractivity contribution in [3.63, 3.8) is 0 Å². The molecule has 42 heavy (non-hydrogen) atoms. The van der Waals surface area contributed by atoms with Crippen LogP contribution >= 0.6 is 0 Å². The highest BCUT2D eigenvalue weighted by molar-refractivity contribution is 7.91. The van der Waals surface area contributed by atoms with Crippen LogP contribution in [0.2, 0.25) is 0 Å². The number of aryl methyl sites for hydroxylation is 1. The molecule has 0 aromatic heterocycles. The maximum Gasteiger partial charge on any atom is 0.416 e. The van der Waals surface area contributed by atoms with E-state index in [2.05, 4.69) is 0 Å². The summed E-state index contributed by atoms with van der Waals surface area (Å²) in [6.45, 7) is 6.76. The van der Waals surface area contributed by atoms with Crippen molar-refractivity contribution in [2.24, 2.45) is 5.41 Å². The zero-order valence-electron chi connectivity index (χ0n) is 23.6. The number of sulfone groups is 1. The first-order valence-corrected chi connectivity index (χ1v) is 14.9. The number of ether oxygens (including phenoxy) is 3. The zero-order chi connectivity index (χ0) is 30.9. The number of alkyl halides is 3. The molecular weight excluding hydrogens is 576 g/mol. The van der Waals surface area contributed by atoms with Crippen LogP contribution in [0.3, 0.4) is 0 Å². The highest BCUT2D eigenvalue weighted by Crippen LogP contribution is 2.46. The molecule has 3 aromatic rings. The Hall–Kier alpha value is -3.60. The van der Waals surface area contributed by atoms with Gasteiger partial charge in [0.1, 0.15) is 30.0 Å². The first-order chi connectivity index (χ1) is 19.6. The summed E-state index contributed by atoms with van der Waals surface area (Å²) < 4.78 is 99.7. The minimum absolute atomic E-state index is 0.102. The fourth-order valence-electron chi connectivity index (χ4n) is 4.98. The van der Waals surface area contributed by atoms with E-state index in [0.717, 1.165) is 18.2 Å². The van der Waals surface area contributed by atoms with E-state index in [1.54, 1.807) is 45.9 Å². The van der Waals surface area contributed by atoms with Gasteiger partial charge in [0.2, 0.25) is 0 Å². The van der Waals surface area contributed by atoms with E-state index in [0.29, 0.717) is 17.2 Å². The van der Waals surface area contributed by atoms with Gasteiger partial charge >= 0.3 is 12.1 Å². The Labute approximate surface area is 242 Å². The Morgan fingerprint density at radius 2 is 1.76 bits per heavy atom. The van der Waals surface area contributed by atoms with Crippen molar-refractivity contribution in [3.8, 4) is 11.5 Å². The van der Waals surface area contributed by atoms with Crippen LogP contribution in [-0.4, -0.2) is 27.1 Å². The van der Waals surface area contributed by atoms with Gasteiger partial charge in [0.15, 0.2) is 9.84 Å². The lowest BCUT2D eigenvalue weighted by Gasteiger charge is -2.35. The maximum atomic E-state index is 14.3. The van der Waals surface area contributed by atoms with Crippen LogP contribution in [0.1, 0.15) is 61.1 Å².